The van der Waals surface area contributed by atoms with E-state index in [1.807, 2.05) is 26.0 Å². The summed E-state index contributed by atoms with van der Waals surface area (Å²) in [5.41, 5.74) is 3.38. The van der Waals surface area contributed by atoms with Crippen molar-refractivity contribution in [3.63, 3.8) is 0 Å². The van der Waals surface area contributed by atoms with Crippen molar-refractivity contribution in [2.75, 3.05) is 6.61 Å². The number of carbonyl (C=O) groups excluding carboxylic acids is 1. The molecule has 3 rings (SSSR count). The van der Waals surface area contributed by atoms with Crippen LogP contribution in [0.4, 0.5) is 0 Å². The fourth-order valence-electron chi connectivity index (χ4n) is 4.47. The van der Waals surface area contributed by atoms with Crippen molar-refractivity contribution in [2.45, 2.75) is 71.4 Å². The largest absolute Gasteiger partial charge is 0.509 e. The van der Waals surface area contributed by atoms with Crippen LogP contribution in [0.1, 0.15) is 68.2 Å². The van der Waals surface area contributed by atoms with E-state index in [1.165, 1.54) is 0 Å². The Bertz CT molecular complexity index is 820. The molecule has 2 aliphatic rings. The number of aliphatic hydroxyl groups is 1. The quantitative estimate of drug-likeness (QED) is 0.785. The van der Waals surface area contributed by atoms with Gasteiger partial charge in [-0.15, -0.1) is 5.92 Å². The van der Waals surface area contributed by atoms with E-state index in [-0.39, 0.29) is 17.8 Å². The normalized spacial score (nSPS) is 24.7. The smallest absolute Gasteiger partial charge is 0.256 e. The molecule has 1 aliphatic heterocycles. The Balaban J connectivity index is 2.00. The van der Waals surface area contributed by atoms with E-state index < -0.39 is 5.54 Å². The van der Waals surface area contributed by atoms with Gasteiger partial charge in [0.2, 0.25) is 0 Å². The highest BCUT2D eigenvalue weighted by Crippen LogP contribution is 2.43. The Morgan fingerprint density at radius 1 is 1.33 bits per heavy atom. The predicted molar refractivity (Wildman–Crippen MR) is 107 cm³/mol. The molecule has 2 N–H and O–H groups in total. The molecule has 0 radical (unpaired) electrons. The van der Waals surface area contributed by atoms with E-state index >= 15 is 0 Å². The van der Waals surface area contributed by atoms with Crippen LogP contribution in [0, 0.1) is 25.7 Å². The lowest BCUT2D eigenvalue weighted by atomic mass is 9.78. The van der Waals surface area contributed by atoms with Crippen molar-refractivity contribution in [3.05, 3.63) is 40.1 Å². The zero-order chi connectivity index (χ0) is 19.6. The van der Waals surface area contributed by atoms with Gasteiger partial charge in [-0.1, -0.05) is 12.8 Å². The Kier molecular flexibility index (Phi) is 5.62. The molecule has 2 atom stereocenters. The van der Waals surface area contributed by atoms with Gasteiger partial charge in [0.1, 0.15) is 11.3 Å². The van der Waals surface area contributed by atoms with Gasteiger partial charge in [0, 0.05) is 18.6 Å². The average Bonchev–Trinajstić information content (AvgIpc) is 2.84. The number of carbonyl (C=O) groups is 1. The Hall–Kier alpha value is -2.25. The lowest BCUT2D eigenvalue weighted by Gasteiger charge is -2.37. The van der Waals surface area contributed by atoms with Crippen LogP contribution in [-0.2, 0) is 9.53 Å². The molecule has 2 unspecified atom stereocenters. The molecule has 1 saturated carbocycles. The monoisotopic (exact) mass is 367 g/mol. The maximum Gasteiger partial charge on any atom is 0.256 e. The van der Waals surface area contributed by atoms with Gasteiger partial charge in [0.05, 0.1) is 11.7 Å². The molecular weight excluding hydrogens is 338 g/mol. The minimum atomic E-state index is -0.691. The van der Waals surface area contributed by atoms with Crippen LogP contribution in [0.25, 0.3) is 5.57 Å². The molecule has 1 heterocycles. The molecule has 0 bridgehead atoms. The Labute approximate surface area is 162 Å². The van der Waals surface area contributed by atoms with Gasteiger partial charge in [0.15, 0.2) is 0 Å². The summed E-state index contributed by atoms with van der Waals surface area (Å²) in [6, 6.07) is 3.96. The highest BCUT2D eigenvalue weighted by molar-refractivity contribution is 6.24. The first-order valence-electron chi connectivity index (χ1n) is 9.84. The topological polar surface area (TPSA) is 58.6 Å². The highest BCUT2D eigenvalue weighted by Gasteiger charge is 2.49. The van der Waals surface area contributed by atoms with Crippen LogP contribution in [0.15, 0.2) is 17.9 Å². The van der Waals surface area contributed by atoms with E-state index in [0.717, 1.165) is 47.9 Å². The number of hydrogen-bond donors (Lipinski definition) is 2. The highest BCUT2D eigenvalue weighted by atomic mass is 16.5. The summed E-state index contributed by atoms with van der Waals surface area (Å²) in [5.74, 6) is 5.96. The van der Waals surface area contributed by atoms with Gasteiger partial charge >= 0.3 is 0 Å². The fraction of sp³-hybridized carbons (Fsp3) is 0.522. The van der Waals surface area contributed by atoms with Crippen molar-refractivity contribution in [1.82, 2.24) is 5.32 Å². The zero-order valence-electron chi connectivity index (χ0n) is 16.7. The summed E-state index contributed by atoms with van der Waals surface area (Å²) in [6.07, 6.45) is 4.32. The number of benzene rings is 1. The van der Waals surface area contributed by atoms with Crippen molar-refractivity contribution < 1.29 is 14.6 Å². The third kappa shape index (κ3) is 3.61. The van der Waals surface area contributed by atoms with E-state index in [2.05, 4.69) is 24.1 Å². The van der Waals surface area contributed by atoms with Crippen molar-refractivity contribution in [2.24, 2.45) is 0 Å². The molecule has 4 heteroatoms. The molecule has 1 aromatic carbocycles. The van der Waals surface area contributed by atoms with Crippen LogP contribution < -0.4 is 5.32 Å². The summed E-state index contributed by atoms with van der Waals surface area (Å²) in [4.78, 5) is 12.9. The molecule has 27 heavy (non-hydrogen) atoms. The number of aliphatic hydroxyl groups excluding tert-OH is 1. The third-order valence-electron chi connectivity index (χ3n) is 5.59. The number of ether oxygens (including phenoxy) is 1. The Morgan fingerprint density at radius 3 is 2.67 bits per heavy atom. The minimum absolute atomic E-state index is 0.0740. The van der Waals surface area contributed by atoms with Crippen LogP contribution in [0.5, 0.6) is 0 Å². The Morgan fingerprint density at radius 2 is 2.04 bits per heavy atom. The first-order chi connectivity index (χ1) is 12.9. The van der Waals surface area contributed by atoms with Gasteiger partial charge in [0.25, 0.3) is 5.91 Å². The van der Waals surface area contributed by atoms with Crippen LogP contribution >= 0.6 is 0 Å². The second-order valence-electron chi connectivity index (χ2n) is 7.71. The van der Waals surface area contributed by atoms with E-state index in [0.29, 0.717) is 18.6 Å². The second kappa shape index (κ2) is 7.78. The molecular formula is C23H29NO3. The first kappa shape index (κ1) is 19.5. The number of rotatable bonds is 4. The molecule has 4 nitrogen and oxygen atoms in total. The predicted octanol–water partition coefficient (Wildman–Crippen LogP) is 4.18. The molecule has 144 valence electrons. The molecule has 1 aliphatic carbocycles. The van der Waals surface area contributed by atoms with Gasteiger partial charge in [-0.3, -0.25) is 4.79 Å². The van der Waals surface area contributed by atoms with Crippen LogP contribution in [0.3, 0.4) is 0 Å². The summed E-state index contributed by atoms with van der Waals surface area (Å²) >= 11 is 0. The van der Waals surface area contributed by atoms with Gasteiger partial charge in [-0.25, -0.2) is 0 Å². The molecule has 1 spiro atoms. The molecule has 1 aromatic rings. The van der Waals surface area contributed by atoms with Crippen molar-refractivity contribution >= 4 is 11.5 Å². The average molecular weight is 367 g/mol. The van der Waals surface area contributed by atoms with Crippen molar-refractivity contribution in [1.29, 1.82) is 0 Å². The maximum atomic E-state index is 12.9. The van der Waals surface area contributed by atoms with Gasteiger partial charge < -0.3 is 15.2 Å². The SMILES string of the molecule is CC#Cc1cc(C)c(C2=C(O)C3(CCCC(OCCC)C3)NC2=O)c(C)c1. The fourth-order valence-corrected chi connectivity index (χ4v) is 4.47. The maximum absolute atomic E-state index is 12.9. The van der Waals surface area contributed by atoms with E-state index in [4.69, 9.17) is 4.74 Å². The second-order valence-corrected chi connectivity index (χ2v) is 7.71. The standard InChI is InChI=1S/C23H29NO3/c1-5-8-17-12-15(3)19(16(4)13-17)20-21(25)23(24-22(20)26)10-7-9-18(14-23)27-11-6-2/h12-13,18,25H,6-7,9-11,14H2,1-4H3,(H,24,26). The van der Waals surface area contributed by atoms with E-state index in [9.17, 15) is 9.90 Å². The molecule has 0 aromatic heterocycles. The van der Waals surface area contributed by atoms with Gasteiger partial charge in [-0.2, -0.15) is 0 Å². The molecule has 1 amide bonds. The van der Waals surface area contributed by atoms with E-state index in [1.54, 1.807) is 6.92 Å². The van der Waals surface area contributed by atoms with Crippen LogP contribution in [-0.4, -0.2) is 29.3 Å². The summed E-state index contributed by atoms with van der Waals surface area (Å²) in [5, 5.41) is 14.3. The molecule has 1 fully saturated rings. The summed E-state index contributed by atoms with van der Waals surface area (Å²) < 4.78 is 5.93. The summed E-state index contributed by atoms with van der Waals surface area (Å²) in [6.45, 7) is 8.54. The molecule has 0 saturated heterocycles. The number of hydrogen-bond acceptors (Lipinski definition) is 3. The number of nitrogens with one attached hydrogen (secondary N) is 1. The van der Waals surface area contributed by atoms with Gasteiger partial charge in [-0.05, 0) is 75.3 Å². The first-order valence-corrected chi connectivity index (χ1v) is 9.84. The number of amides is 1. The number of aryl methyl sites for hydroxylation is 2. The lowest BCUT2D eigenvalue weighted by Crippen LogP contribution is -2.49. The minimum Gasteiger partial charge on any atom is -0.509 e. The summed E-state index contributed by atoms with van der Waals surface area (Å²) in [7, 11) is 0. The zero-order valence-corrected chi connectivity index (χ0v) is 16.7. The van der Waals surface area contributed by atoms with Crippen molar-refractivity contribution in [3.8, 4) is 11.8 Å². The third-order valence-corrected chi connectivity index (χ3v) is 5.59. The lowest BCUT2D eigenvalue weighted by molar-refractivity contribution is -0.117. The van der Waals surface area contributed by atoms with Crippen LogP contribution in [0.2, 0.25) is 0 Å².